The van der Waals surface area contributed by atoms with E-state index in [2.05, 4.69) is 4.72 Å². The summed E-state index contributed by atoms with van der Waals surface area (Å²) < 4.78 is 38.9. The molecule has 0 amide bonds. The first kappa shape index (κ1) is 17.4. The van der Waals surface area contributed by atoms with Gasteiger partial charge in [-0.25, -0.2) is 8.42 Å². The van der Waals surface area contributed by atoms with Gasteiger partial charge in [-0.3, -0.25) is 4.72 Å². The number of methoxy groups -OCH3 is 1. The molecule has 7 nitrogen and oxygen atoms in total. The molecule has 0 aromatic heterocycles. The smallest absolute Gasteiger partial charge is 0.264 e. The van der Waals surface area contributed by atoms with Crippen molar-refractivity contribution in [2.45, 2.75) is 4.90 Å². The summed E-state index contributed by atoms with van der Waals surface area (Å²) in [5.41, 5.74) is 7.31. The SMILES string of the molecule is COc1ccc(NS(=O)(=O)c2cc(N)ccc2N2CCOCC2)cc1. The molecule has 0 radical (unpaired) electrons. The molecule has 0 saturated carbocycles. The van der Waals surface area contributed by atoms with E-state index in [9.17, 15) is 8.42 Å². The second-order valence-corrected chi connectivity index (χ2v) is 7.31. The van der Waals surface area contributed by atoms with Crippen molar-refractivity contribution in [1.82, 2.24) is 0 Å². The van der Waals surface area contributed by atoms with E-state index in [1.54, 1.807) is 43.5 Å². The Hall–Kier alpha value is -2.45. The molecule has 25 heavy (non-hydrogen) atoms. The molecule has 1 heterocycles. The van der Waals surface area contributed by atoms with Gasteiger partial charge in [0, 0.05) is 24.5 Å². The van der Waals surface area contributed by atoms with Crippen LogP contribution in [-0.2, 0) is 14.8 Å². The fourth-order valence-electron chi connectivity index (χ4n) is 2.68. The average molecular weight is 363 g/mol. The molecule has 2 aromatic rings. The zero-order chi connectivity index (χ0) is 17.9. The summed E-state index contributed by atoms with van der Waals surface area (Å²) in [6.07, 6.45) is 0. The second-order valence-electron chi connectivity index (χ2n) is 5.66. The van der Waals surface area contributed by atoms with E-state index in [0.29, 0.717) is 49.1 Å². The minimum absolute atomic E-state index is 0.158. The lowest BCUT2D eigenvalue weighted by atomic mass is 10.2. The van der Waals surface area contributed by atoms with E-state index < -0.39 is 10.0 Å². The van der Waals surface area contributed by atoms with Gasteiger partial charge in [0.15, 0.2) is 0 Å². The number of nitrogens with zero attached hydrogens (tertiary/aromatic N) is 1. The lowest BCUT2D eigenvalue weighted by Gasteiger charge is -2.30. The first-order valence-corrected chi connectivity index (χ1v) is 9.37. The van der Waals surface area contributed by atoms with Crippen molar-refractivity contribution in [1.29, 1.82) is 0 Å². The molecular weight excluding hydrogens is 342 g/mol. The molecule has 3 N–H and O–H groups in total. The van der Waals surface area contributed by atoms with Crippen LogP contribution >= 0.6 is 0 Å². The van der Waals surface area contributed by atoms with Crippen molar-refractivity contribution in [2.24, 2.45) is 0 Å². The Morgan fingerprint density at radius 3 is 2.44 bits per heavy atom. The van der Waals surface area contributed by atoms with Gasteiger partial charge in [0.2, 0.25) is 0 Å². The van der Waals surface area contributed by atoms with Gasteiger partial charge < -0.3 is 20.1 Å². The molecule has 1 saturated heterocycles. The summed E-state index contributed by atoms with van der Waals surface area (Å²) in [6, 6.07) is 11.6. The maximum Gasteiger partial charge on any atom is 0.264 e. The predicted molar refractivity (Wildman–Crippen MR) is 97.7 cm³/mol. The number of hydrogen-bond donors (Lipinski definition) is 2. The molecule has 134 valence electrons. The maximum atomic E-state index is 12.9. The van der Waals surface area contributed by atoms with Crippen molar-refractivity contribution in [3.05, 3.63) is 42.5 Å². The van der Waals surface area contributed by atoms with Crippen molar-refractivity contribution < 1.29 is 17.9 Å². The Balaban J connectivity index is 1.93. The molecule has 1 fully saturated rings. The summed E-state index contributed by atoms with van der Waals surface area (Å²) in [5.74, 6) is 0.654. The number of nitrogens with two attached hydrogens (primary N) is 1. The van der Waals surface area contributed by atoms with Gasteiger partial charge in [-0.2, -0.15) is 0 Å². The number of benzene rings is 2. The number of ether oxygens (including phenoxy) is 2. The number of nitrogen functional groups attached to an aromatic ring is 1. The van der Waals surface area contributed by atoms with Gasteiger partial charge in [-0.1, -0.05) is 0 Å². The summed E-state index contributed by atoms with van der Waals surface area (Å²) in [4.78, 5) is 2.15. The summed E-state index contributed by atoms with van der Waals surface area (Å²) in [6.45, 7) is 2.40. The van der Waals surface area contributed by atoms with E-state index in [1.165, 1.54) is 6.07 Å². The van der Waals surface area contributed by atoms with E-state index in [4.69, 9.17) is 15.2 Å². The Morgan fingerprint density at radius 2 is 1.80 bits per heavy atom. The number of hydrogen-bond acceptors (Lipinski definition) is 6. The van der Waals surface area contributed by atoms with Crippen LogP contribution in [0.25, 0.3) is 0 Å². The summed E-state index contributed by atoms with van der Waals surface area (Å²) in [5, 5.41) is 0. The highest BCUT2D eigenvalue weighted by Crippen LogP contribution is 2.30. The van der Waals surface area contributed by atoms with E-state index >= 15 is 0 Å². The fourth-order valence-corrected chi connectivity index (χ4v) is 4.00. The van der Waals surface area contributed by atoms with Crippen LogP contribution in [0.3, 0.4) is 0 Å². The molecule has 1 aliphatic rings. The first-order chi connectivity index (χ1) is 12.0. The molecule has 0 unspecified atom stereocenters. The zero-order valence-electron chi connectivity index (χ0n) is 13.9. The number of sulfonamides is 1. The van der Waals surface area contributed by atoms with Crippen molar-refractivity contribution in [3.63, 3.8) is 0 Å². The first-order valence-electron chi connectivity index (χ1n) is 7.89. The van der Waals surface area contributed by atoms with Gasteiger partial charge in [-0.05, 0) is 42.5 Å². The molecule has 0 bridgehead atoms. The minimum atomic E-state index is -3.79. The van der Waals surface area contributed by atoms with Gasteiger partial charge in [0.25, 0.3) is 10.0 Å². The van der Waals surface area contributed by atoms with Crippen LogP contribution in [0.1, 0.15) is 0 Å². The standard InChI is InChI=1S/C17H21N3O4S/c1-23-15-5-3-14(4-6-15)19-25(21,22)17-12-13(18)2-7-16(17)20-8-10-24-11-9-20/h2-7,12,19H,8-11,18H2,1H3. The lowest BCUT2D eigenvalue weighted by molar-refractivity contribution is 0.122. The normalized spacial score (nSPS) is 15.0. The number of nitrogens with one attached hydrogen (secondary N) is 1. The highest BCUT2D eigenvalue weighted by atomic mass is 32.2. The van der Waals surface area contributed by atoms with Crippen LogP contribution < -0.4 is 20.1 Å². The van der Waals surface area contributed by atoms with Crippen LogP contribution in [0.4, 0.5) is 17.1 Å². The van der Waals surface area contributed by atoms with Crippen LogP contribution in [0, 0.1) is 0 Å². The quantitative estimate of drug-likeness (QED) is 0.788. The van der Waals surface area contributed by atoms with Crippen molar-refractivity contribution >= 4 is 27.1 Å². The van der Waals surface area contributed by atoms with Crippen LogP contribution in [0.5, 0.6) is 5.75 Å². The highest BCUT2D eigenvalue weighted by Gasteiger charge is 2.24. The van der Waals surface area contributed by atoms with Gasteiger partial charge in [-0.15, -0.1) is 0 Å². The molecule has 1 aliphatic heterocycles. The Bertz CT molecular complexity index is 831. The summed E-state index contributed by atoms with van der Waals surface area (Å²) in [7, 11) is -2.23. The fraction of sp³-hybridized carbons (Fsp3) is 0.294. The van der Waals surface area contributed by atoms with Gasteiger partial charge in [0.05, 0.1) is 26.0 Å². The van der Waals surface area contributed by atoms with E-state index in [-0.39, 0.29) is 4.90 Å². The van der Waals surface area contributed by atoms with Crippen molar-refractivity contribution in [3.8, 4) is 5.75 Å². The molecular formula is C17H21N3O4S. The second kappa shape index (κ2) is 7.20. The predicted octanol–water partition coefficient (Wildman–Crippen LogP) is 1.91. The average Bonchev–Trinajstić information content (AvgIpc) is 2.63. The lowest BCUT2D eigenvalue weighted by Crippen LogP contribution is -2.37. The molecule has 2 aromatic carbocycles. The number of anilines is 3. The van der Waals surface area contributed by atoms with Crippen molar-refractivity contribution in [2.75, 3.05) is 48.8 Å². The highest BCUT2D eigenvalue weighted by molar-refractivity contribution is 7.92. The largest absolute Gasteiger partial charge is 0.497 e. The van der Waals surface area contributed by atoms with E-state index in [1.807, 2.05) is 4.90 Å². The minimum Gasteiger partial charge on any atom is -0.497 e. The third kappa shape index (κ3) is 3.97. The Kier molecular flexibility index (Phi) is 5.00. The van der Waals surface area contributed by atoms with Gasteiger partial charge in [0.1, 0.15) is 10.6 Å². The third-order valence-corrected chi connectivity index (χ3v) is 5.38. The number of morpholine rings is 1. The van der Waals surface area contributed by atoms with Crippen LogP contribution in [0.2, 0.25) is 0 Å². The third-order valence-electron chi connectivity index (χ3n) is 3.97. The molecule has 0 atom stereocenters. The monoisotopic (exact) mass is 363 g/mol. The molecule has 3 rings (SSSR count). The van der Waals surface area contributed by atoms with Crippen LogP contribution in [0.15, 0.2) is 47.4 Å². The van der Waals surface area contributed by atoms with Gasteiger partial charge >= 0.3 is 0 Å². The maximum absolute atomic E-state index is 12.9. The molecule has 0 aliphatic carbocycles. The molecule has 0 spiro atoms. The molecule has 8 heteroatoms. The number of rotatable bonds is 5. The summed E-state index contributed by atoms with van der Waals surface area (Å²) >= 11 is 0. The van der Waals surface area contributed by atoms with E-state index in [0.717, 1.165) is 0 Å². The Labute approximate surface area is 147 Å². The Morgan fingerprint density at radius 1 is 1.12 bits per heavy atom. The topological polar surface area (TPSA) is 93.9 Å². The van der Waals surface area contributed by atoms with Crippen LogP contribution in [-0.4, -0.2) is 41.8 Å². The zero-order valence-corrected chi connectivity index (χ0v) is 14.8.